The van der Waals surface area contributed by atoms with E-state index >= 15 is 0 Å². The molecule has 2 aliphatic rings. The summed E-state index contributed by atoms with van der Waals surface area (Å²) in [5, 5.41) is 5.57. The molecular formula is C30H30. The van der Waals surface area contributed by atoms with E-state index in [0.29, 0.717) is 0 Å². The number of fused-ring (bicyclic) bond motifs is 7. The third-order valence-electron chi connectivity index (χ3n) is 7.97. The van der Waals surface area contributed by atoms with E-state index in [1.54, 1.807) is 11.1 Å². The fourth-order valence-corrected chi connectivity index (χ4v) is 6.29. The Morgan fingerprint density at radius 1 is 0.533 bits per heavy atom. The van der Waals surface area contributed by atoms with E-state index in [-0.39, 0.29) is 0 Å². The number of rotatable bonds is 1. The normalized spacial score (nSPS) is 21.9. The Bertz CT molecular complexity index is 1140. The molecule has 4 aromatic rings. The van der Waals surface area contributed by atoms with Crippen LogP contribution in [0.3, 0.4) is 0 Å². The molecule has 0 heteroatoms. The Labute approximate surface area is 179 Å². The zero-order valence-corrected chi connectivity index (χ0v) is 17.9. The van der Waals surface area contributed by atoms with E-state index in [4.69, 9.17) is 0 Å². The summed E-state index contributed by atoms with van der Waals surface area (Å²) < 4.78 is 0. The van der Waals surface area contributed by atoms with E-state index in [9.17, 15) is 0 Å². The largest absolute Gasteiger partial charge is 0.0625 e. The van der Waals surface area contributed by atoms with Crippen LogP contribution in [-0.2, 0) is 12.8 Å². The second-order valence-electron chi connectivity index (χ2n) is 9.83. The fraction of sp³-hybridized carbons (Fsp3) is 0.333. The van der Waals surface area contributed by atoms with Crippen LogP contribution in [0, 0.1) is 17.8 Å². The second kappa shape index (κ2) is 7.27. The van der Waals surface area contributed by atoms with Crippen molar-refractivity contribution in [3.63, 3.8) is 0 Å². The summed E-state index contributed by atoms with van der Waals surface area (Å²) in [5.74, 6) is 2.55. The number of hydrogen-bond donors (Lipinski definition) is 0. The summed E-state index contributed by atoms with van der Waals surface area (Å²) >= 11 is 0. The van der Waals surface area contributed by atoms with Crippen molar-refractivity contribution in [1.29, 1.82) is 0 Å². The van der Waals surface area contributed by atoms with E-state index in [1.807, 2.05) is 0 Å². The van der Waals surface area contributed by atoms with Crippen molar-refractivity contribution in [2.45, 2.75) is 45.4 Å². The van der Waals surface area contributed by atoms with E-state index in [2.05, 4.69) is 79.7 Å². The van der Waals surface area contributed by atoms with Gasteiger partial charge in [-0.2, -0.15) is 0 Å². The first kappa shape index (κ1) is 18.2. The molecule has 0 N–H and O–H groups in total. The molecule has 0 radical (unpaired) electrons. The number of benzene rings is 4. The molecule has 0 spiro atoms. The van der Waals surface area contributed by atoms with Crippen molar-refractivity contribution in [1.82, 2.24) is 0 Å². The lowest BCUT2D eigenvalue weighted by Gasteiger charge is -2.32. The van der Waals surface area contributed by atoms with Gasteiger partial charge >= 0.3 is 0 Å². The van der Waals surface area contributed by atoms with Gasteiger partial charge in [-0.1, -0.05) is 92.6 Å². The van der Waals surface area contributed by atoms with Gasteiger partial charge < -0.3 is 0 Å². The van der Waals surface area contributed by atoms with Crippen molar-refractivity contribution in [3.05, 3.63) is 83.9 Å². The molecule has 0 aliphatic heterocycles. The molecule has 0 nitrogen and oxygen atoms in total. The van der Waals surface area contributed by atoms with Crippen LogP contribution in [0.2, 0.25) is 0 Å². The summed E-state index contributed by atoms with van der Waals surface area (Å²) in [6, 6.07) is 27.5. The molecule has 0 aromatic heterocycles. The average Bonchev–Trinajstić information content (AvgIpc) is 2.97. The molecule has 4 aromatic carbocycles. The smallest absolute Gasteiger partial charge is 0.00642 e. The molecule has 0 unspecified atom stereocenters. The van der Waals surface area contributed by atoms with Crippen LogP contribution in [0.5, 0.6) is 0 Å². The lowest BCUT2D eigenvalue weighted by Crippen LogP contribution is -2.24. The monoisotopic (exact) mass is 390 g/mol. The standard InChI is InChI=1S/C30H30/c1-20-10-12-21(13-11-20)26-18-24-16-14-22-6-2-4-8-27(22)29(24)30-25(19-26)17-15-23-7-3-5-9-28(23)30/h2-9,14-17,20-21,26H,10-13,18-19H2,1H3. The van der Waals surface area contributed by atoms with Crippen LogP contribution in [0.25, 0.3) is 32.7 Å². The third-order valence-corrected chi connectivity index (χ3v) is 7.97. The van der Waals surface area contributed by atoms with Crippen LogP contribution < -0.4 is 0 Å². The van der Waals surface area contributed by atoms with Gasteiger partial charge in [-0.15, -0.1) is 0 Å². The molecule has 30 heavy (non-hydrogen) atoms. The molecule has 1 saturated carbocycles. The predicted molar refractivity (Wildman–Crippen MR) is 129 cm³/mol. The van der Waals surface area contributed by atoms with Crippen LogP contribution >= 0.6 is 0 Å². The third kappa shape index (κ3) is 2.97. The Morgan fingerprint density at radius 2 is 1.03 bits per heavy atom. The van der Waals surface area contributed by atoms with Crippen LogP contribution in [-0.4, -0.2) is 0 Å². The summed E-state index contributed by atoms with van der Waals surface area (Å²) in [5.41, 5.74) is 6.14. The highest BCUT2D eigenvalue weighted by molar-refractivity contribution is 6.08. The zero-order valence-electron chi connectivity index (χ0n) is 17.9. The van der Waals surface area contributed by atoms with Gasteiger partial charge in [0.05, 0.1) is 0 Å². The topological polar surface area (TPSA) is 0 Å². The molecule has 6 rings (SSSR count). The fourth-order valence-electron chi connectivity index (χ4n) is 6.29. The summed E-state index contributed by atoms with van der Waals surface area (Å²) in [7, 11) is 0. The highest BCUT2D eigenvalue weighted by Gasteiger charge is 2.31. The van der Waals surface area contributed by atoms with Crippen LogP contribution in [0.1, 0.15) is 43.7 Å². The first-order chi connectivity index (χ1) is 14.8. The maximum absolute atomic E-state index is 2.44. The summed E-state index contributed by atoms with van der Waals surface area (Å²) in [6.45, 7) is 2.44. The molecule has 0 bridgehead atoms. The maximum atomic E-state index is 2.44. The molecule has 0 amide bonds. The molecule has 150 valence electrons. The van der Waals surface area contributed by atoms with E-state index in [1.165, 1.54) is 71.2 Å². The van der Waals surface area contributed by atoms with Crippen molar-refractivity contribution >= 4 is 21.5 Å². The average molecular weight is 391 g/mol. The van der Waals surface area contributed by atoms with Gasteiger partial charge in [0.15, 0.2) is 0 Å². The van der Waals surface area contributed by atoms with E-state index < -0.39 is 0 Å². The SMILES string of the molecule is CC1CCC(C2Cc3ccc4ccccc4c3-c3c(ccc4ccccc34)C2)CC1. The van der Waals surface area contributed by atoms with Gasteiger partial charge in [0.25, 0.3) is 0 Å². The van der Waals surface area contributed by atoms with Gasteiger partial charge in [-0.3, -0.25) is 0 Å². The van der Waals surface area contributed by atoms with Crippen LogP contribution in [0.4, 0.5) is 0 Å². The van der Waals surface area contributed by atoms with Gasteiger partial charge in [-0.05, 0) is 87.2 Å². The summed E-state index contributed by atoms with van der Waals surface area (Å²) in [4.78, 5) is 0. The lowest BCUT2D eigenvalue weighted by molar-refractivity contribution is 0.210. The Balaban J connectivity index is 1.60. The van der Waals surface area contributed by atoms with Gasteiger partial charge in [0.2, 0.25) is 0 Å². The van der Waals surface area contributed by atoms with Gasteiger partial charge in [0.1, 0.15) is 0 Å². The van der Waals surface area contributed by atoms with Gasteiger partial charge in [0, 0.05) is 0 Å². The lowest BCUT2D eigenvalue weighted by atomic mass is 9.73. The Morgan fingerprint density at radius 3 is 1.57 bits per heavy atom. The molecular weight excluding hydrogens is 360 g/mol. The maximum Gasteiger partial charge on any atom is -0.00642 e. The zero-order chi connectivity index (χ0) is 20.1. The first-order valence-electron chi connectivity index (χ1n) is 11.8. The minimum atomic E-state index is 0.764. The van der Waals surface area contributed by atoms with Crippen molar-refractivity contribution in [2.75, 3.05) is 0 Å². The first-order valence-corrected chi connectivity index (χ1v) is 11.8. The highest BCUT2D eigenvalue weighted by Crippen LogP contribution is 2.46. The van der Waals surface area contributed by atoms with E-state index in [0.717, 1.165) is 17.8 Å². The van der Waals surface area contributed by atoms with Gasteiger partial charge in [-0.25, -0.2) is 0 Å². The quantitative estimate of drug-likeness (QED) is 0.307. The molecule has 0 saturated heterocycles. The number of hydrogen-bond acceptors (Lipinski definition) is 0. The van der Waals surface area contributed by atoms with Crippen LogP contribution in [0.15, 0.2) is 72.8 Å². The molecule has 1 fully saturated rings. The Kier molecular flexibility index (Phi) is 4.41. The minimum absolute atomic E-state index is 0.764. The van der Waals surface area contributed by atoms with Crippen molar-refractivity contribution in [3.8, 4) is 11.1 Å². The minimum Gasteiger partial charge on any atom is -0.0625 e. The highest BCUT2D eigenvalue weighted by atomic mass is 14.4. The van der Waals surface area contributed by atoms with Crippen molar-refractivity contribution in [2.24, 2.45) is 17.8 Å². The Hall–Kier alpha value is -2.60. The second-order valence-corrected chi connectivity index (χ2v) is 9.83. The summed E-state index contributed by atoms with van der Waals surface area (Å²) in [6.07, 6.45) is 8.10. The predicted octanol–water partition coefficient (Wildman–Crippen LogP) is 8.20. The molecule has 2 aliphatic carbocycles. The molecule has 0 atom stereocenters. The van der Waals surface area contributed by atoms with Crippen molar-refractivity contribution < 1.29 is 0 Å². The molecule has 0 heterocycles.